The normalized spacial score (nSPS) is 37.9. The third kappa shape index (κ3) is 3.72. The Labute approximate surface area is 273 Å². The number of hydrogen-bond donors (Lipinski definition) is 0. The monoisotopic (exact) mass is 690 g/mol. The average molecular weight is 690 g/mol. The second-order valence-electron chi connectivity index (χ2n) is 13.6. The molecule has 18 heteroatoms. The fraction of sp³-hybridized carbons (Fsp3) is 0.438. The van der Waals surface area contributed by atoms with Crippen LogP contribution in [0, 0.1) is 71.0 Å². The SMILES string of the molecule is O=C1OC(=O)C2C1C1C(=O)OC(=O)C21.O=C1OC(=O)C2CC1C1C2C2C3CC(C(=O)OC3=O)C12.O=c1oc(=O)c2cc3c(=O)oc(=O)c3cc12. The van der Waals surface area contributed by atoms with Crippen LogP contribution in [0.4, 0.5) is 0 Å². The lowest BCUT2D eigenvalue weighted by atomic mass is 9.53. The molecule has 18 nitrogen and oxygen atoms in total. The molecular formula is C32H18O18. The van der Waals surface area contributed by atoms with Gasteiger partial charge in [0.25, 0.3) is 0 Å². The molecule has 50 heavy (non-hydrogen) atoms. The number of fused-ring (bicyclic) bond motifs is 18. The van der Waals surface area contributed by atoms with Gasteiger partial charge in [0, 0.05) is 0 Å². The Balaban J connectivity index is 0.000000103. The van der Waals surface area contributed by atoms with Gasteiger partial charge in [0.15, 0.2) is 0 Å². The minimum Gasteiger partial charge on any atom is -0.393 e. The Bertz CT molecular complexity index is 2080. The van der Waals surface area contributed by atoms with Crippen LogP contribution in [0.3, 0.4) is 0 Å². The third-order valence-electron chi connectivity index (χ3n) is 11.7. The summed E-state index contributed by atoms with van der Waals surface area (Å²) in [6.07, 6.45) is 1.06. The fourth-order valence-electron chi connectivity index (χ4n) is 9.77. The summed E-state index contributed by atoms with van der Waals surface area (Å²) >= 11 is 0. The molecule has 2 aromatic heterocycles. The van der Waals surface area contributed by atoms with Crippen molar-refractivity contribution in [2.45, 2.75) is 12.8 Å². The van der Waals surface area contributed by atoms with Gasteiger partial charge in [-0.1, -0.05) is 0 Å². The number of ether oxygens (including phenoxy) is 4. The van der Waals surface area contributed by atoms with Crippen molar-refractivity contribution in [2.75, 3.05) is 0 Å². The molecule has 6 heterocycles. The van der Waals surface area contributed by atoms with Crippen molar-refractivity contribution >= 4 is 69.3 Å². The van der Waals surface area contributed by atoms with Crippen LogP contribution in [0.15, 0.2) is 40.1 Å². The van der Waals surface area contributed by atoms with Gasteiger partial charge in [-0.05, 0) is 48.6 Å². The smallest absolute Gasteiger partial charge is 0.346 e. The van der Waals surface area contributed by atoms with E-state index in [0.717, 1.165) is 12.1 Å². The molecule has 4 aliphatic carbocycles. The summed E-state index contributed by atoms with van der Waals surface area (Å²) < 4.78 is 27.0. The molecule has 4 bridgehead atoms. The molecule has 4 unspecified atom stereocenters. The highest BCUT2D eigenvalue weighted by molar-refractivity contribution is 6.10. The summed E-state index contributed by atoms with van der Waals surface area (Å²) in [6.45, 7) is 0. The Morgan fingerprint density at radius 1 is 0.340 bits per heavy atom. The van der Waals surface area contributed by atoms with E-state index in [0.29, 0.717) is 12.8 Å². The van der Waals surface area contributed by atoms with Gasteiger partial charge in [0.05, 0.1) is 68.9 Å². The van der Waals surface area contributed by atoms with E-state index in [1.165, 1.54) is 0 Å². The van der Waals surface area contributed by atoms with Gasteiger partial charge < -0.3 is 27.8 Å². The number of furan rings is 2. The summed E-state index contributed by atoms with van der Waals surface area (Å²) in [6, 6.07) is 2.29. The van der Waals surface area contributed by atoms with E-state index in [9.17, 15) is 57.5 Å². The van der Waals surface area contributed by atoms with Gasteiger partial charge in [-0.3, -0.25) is 38.4 Å². The third-order valence-corrected chi connectivity index (χ3v) is 11.7. The van der Waals surface area contributed by atoms with Crippen LogP contribution in [-0.4, -0.2) is 47.8 Å². The molecule has 4 atom stereocenters. The predicted octanol–water partition coefficient (Wildman–Crippen LogP) is -1.97. The first-order chi connectivity index (χ1) is 23.8. The molecule has 11 rings (SSSR count). The first kappa shape index (κ1) is 30.1. The summed E-state index contributed by atoms with van der Waals surface area (Å²) in [7, 11) is 0. The number of cyclic esters (lactones) is 8. The van der Waals surface area contributed by atoms with Gasteiger partial charge in [-0.15, -0.1) is 0 Å². The molecule has 3 aromatic rings. The van der Waals surface area contributed by atoms with Crippen LogP contribution < -0.4 is 22.5 Å². The maximum absolute atomic E-state index is 11.9. The van der Waals surface area contributed by atoms with Crippen molar-refractivity contribution in [1.82, 2.24) is 0 Å². The highest BCUT2D eigenvalue weighted by Crippen LogP contribution is 2.71. The van der Waals surface area contributed by atoms with Gasteiger partial charge in [-0.2, -0.15) is 0 Å². The lowest BCUT2D eigenvalue weighted by Crippen LogP contribution is -2.50. The molecule has 4 saturated heterocycles. The second-order valence-corrected chi connectivity index (χ2v) is 13.6. The van der Waals surface area contributed by atoms with Gasteiger partial charge >= 0.3 is 70.3 Å². The van der Waals surface area contributed by atoms with Crippen LogP contribution >= 0.6 is 0 Å². The Kier molecular flexibility index (Phi) is 5.92. The average Bonchev–Trinajstić information content (AvgIpc) is 3.77. The number of rotatable bonds is 0. The van der Waals surface area contributed by atoms with Crippen LogP contribution in [0.5, 0.6) is 0 Å². The second kappa shape index (κ2) is 9.82. The van der Waals surface area contributed by atoms with Crippen LogP contribution in [-0.2, 0) is 57.3 Å². The standard InChI is InChI=1S/C14H12O6.C10H2O6.C8H4O6/c15-11-3-1-4(12(16)19-11)8-7(3)9-5-2-6(10(8)9)14(18)20-13(5)17;11-7-3-1-4-6(10(14)16-8(4)12)2-5(3)9(13)15-7;9-5-1-2(6(10)13-5)4-3(1)7(11)14-8(4)12/h3-10H,1-2H2;1-2H;1-4H. The van der Waals surface area contributed by atoms with E-state index in [1.807, 2.05) is 0 Å². The summed E-state index contributed by atoms with van der Waals surface area (Å²) in [5.74, 6) is -8.77. The van der Waals surface area contributed by atoms with Crippen molar-refractivity contribution in [3.05, 3.63) is 53.8 Å². The minimum absolute atomic E-state index is 0.0181. The van der Waals surface area contributed by atoms with Gasteiger partial charge in [0.2, 0.25) is 0 Å². The van der Waals surface area contributed by atoms with E-state index in [-0.39, 0.29) is 68.9 Å². The zero-order valence-corrected chi connectivity index (χ0v) is 24.8. The number of hydrogen-bond acceptors (Lipinski definition) is 18. The first-order valence-corrected chi connectivity index (χ1v) is 15.5. The predicted molar refractivity (Wildman–Crippen MR) is 149 cm³/mol. The van der Waals surface area contributed by atoms with E-state index in [4.69, 9.17) is 9.47 Å². The zero-order valence-electron chi connectivity index (χ0n) is 24.8. The van der Waals surface area contributed by atoms with Crippen LogP contribution in [0.25, 0.3) is 21.5 Å². The molecule has 0 N–H and O–H groups in total. The summed E-state index contributed by atoms with van der Waals surface area (Å²) in [5, 5.41) is -0.0726. The molecule has 0 amide bonds. The zero-order chi connectivity index (χ0) is 35.2. The molecule has 254 valence electrons. The van der Waals surface area contributed by atoms with E-state index in [1.54, 1.807) is 0 Å². The number of carbonyl (C=O) groups excluding carboxylic acids is 8. The molecular weight excluding hydrogens is 672 g/mol. The first-order valence-electron chi connectivity index (χ1n) is 15.5. The van der Waals surface area contributed by atoms with Crippen molar-refractivity contribution in [2.24, 2.45) is 71.0 Å². The van der Waals surface area contributed by atoms with E-state index < -0.39 is 93.9 Å². The largest absolute Gasteiger partial charge is 0.393 e. The number of carbonyl (C=O) groups is 8. The lowest BCUT2D eigenvalue weighted by molar-refractivity contribution is -0.172. The Hall–Kier alpha value is -5.94. The Morgan fingerprint density at radius 2 is 0.560 bits per heavy atom. The lowest BCUT2D eigenvalue weighted by Gasteiger charge is -2.48. The van der Waals surface area contributed by atoms with Gasteiger partial charge in [-0.25, -0.2) is 19.2 Å². The van der Waals surface area contributed by atoms with Crippen molar-refractivity contribution in [1.29, 1.82) is 0 Å². The van der Waals surface area contributed by atoms with E-state index in [2.05, 4.69) is 18.3 Å². The Morgan fingerprint density at radius 3 is 0.800 bits per heavy atom. The molecule has 4 saturated carbocycles. The molecule has 4 aliphatic heterocycles. The maximum Gasteiger partial charge on any atom is 0.346 e. The number of esters is 8. The topological polar surface area (TPSA) is 268 Å². The summed E-state index contributed by atoms with van der Waals surface area (Å²) in [4.78, 5) is 136. The minimum atomic E-state index is -0.824. The molecule has 1 aromatic carbocycles. The molecule has 0 spiro atoms. The number of benzene rings is 1. The van der Waals surface area contributed by atoms with Crippen LogP contribution in [0.1, 0.15) is 12.8 Å². The van der Waals surface area contributed by atoms with Crippen molar-refractivity contribution in [3.8, 4) is 0 Å². The highest BCUT2D eigenvalue weighted by atomic mass is 16.6. The molecule has 0 radical (unpaired) electrons. The summed E-state index contributed by atoms with van der Waals surface area (Å²) in [5.41, 5.74) is -3.30. The highest BCUT2D eigenvalue weighted by Gasteiger charge is 2.75. The maximum atomic E-state index is 11.9. The molecule has 8 aliphatic rings. The quantitative estimate of drug-likeness (QED) is 0.141. The van der Waals surface area contributed by atoms with Gasteiger partial charge in [0.1, 0.15) is 0 Å². The van der Waals surface area contributed by atoms with E-state index >= 15 is 0 Å². The van der Waals surface area contributed by atoms with Crippen molar-refractivity contribution in [3.63, 3.8) is 0 Å². The fourth-order valence-corrected chi connectivity index (χ4v) is 9.77. The van der Waals surface area contributed by atoms with Crippen molar-refractivity contribution < 1.29 is 66.1 Å². The van der Waals surface area contributed by atoms with Crippen LogP contribution in [0.2, 0.25) is 0 Å². The molecule has 8 fully saturated rings.